The molecular weight excluding hydrogens is 206 g/mol. The summed E-state index contributed by atoms with van der Waals surface area (Å²) >= 11 is 0. The highest BCUT2D eigenvalue weighted by Gasteiger charge is 2.23. The van der Waals surface area contributed by atoms with E-state index < -0.39 is 5.97 Å². The predicted molar refractivity (Wildman–Crippen MR) is 58.4 cm³/mol. The Labute approximate surface area is 94.6 Å². The van der Waals surface area contributed by atoms with Crippen molar-refractivity contribution in [3.05, 3.63) is 17.0 Å². The van der Waals surface area contributed by atoms with Gasteiger partial charge in [-0.1, -0.05) is 18.5 Å². The van der Waals surface area contributed by atoms with Gasteiger partial charge in [0.15, 0.2) is 0 Å². The van der Waals surface area contributed by atoms with Crippen molar-refractivity contribution in [2.45, 2.75) is 51.4 Å². The molecule has 2 rings (SSSR count). The summed E-state index contributed by atoms with van der Waals surface area (Å²) in [5.74, 6) is -0.0718. The number of carboxylic acids is 1. The van der Waals surface area contributed by atoms with Gasteiger partial charge in [-0.05, 0) is 25.7 Å². The Morgan fingerprint density at radius 2 is 2.19 bits per heavy atom. The number of hydrogen-bond donors (Lipinski definition) is 1. The zero-order valence-corrected chi connectivity index (χ0v) is 9.53. The van der Waals surface area contributed by atoms with E-state index in [4.69, 9.17) is 9.63 Å². The van der Waals surface area contributed by atoms with Gasteiger partial charge in [0.1, 0.15) is 5.76 Å². The van der Waals surface area contributed by atoms with E-state index in [1.807, 2.05) is 6.92 Å². The summed E-state index contributed by atoms with van der Waals surface area (Å²) < 4.78 is 5.32. The van der Waals surface area contributed by atoms with Gasteiger partial charge in [-0.25, -0.2) is 0 Å². The average Bonchev–Trinajstić information content (AvgIpc) is 2.47. The number of aryl methyl sites for hydroxylation is 1. The lowest BCUT2D eigenvalue weighted by atomic mass is 9.97. The molecule has 88 valence electrons. The van der Waals surface area contributed by atoms with Crippen LogP contribution in [0.1, 0.15) is 55.5 Å². The van der Waals surface area contributed by atoms with Crippen molar-refractivity contribution >= 4 is 5.97 Å². The maximum atomic E-state index is 10.7. The van der Waals surface area contributed by atoms with Crippen molar-refractivity contribution < 1.29 is 14.4 Å². The summed E-state index contributed by atoms with van der Waals surface area (Å²) in [5.41, 5.74) is 2.22. The first-order valence-electron chi connectivity index (χ1n) is 5.87. The third-order valence-electron chi connectivity index (χ3n) is 3.17. The molecule has 1 atom stereocenters. The molecule has 0 saturated heterocycles. The van der Waals surface area contributed by atoms with Gasteiger partial charge in [-0.2, -0.15) is 0 Å². The first-order valence-corrected chi connectivity index (χ1v) is 5.87. The van der Waals surface area contributed by atoms with Crippen molar-refractivity contribution in [2.75, 3.05) is 0 Å². The molecule has 4 nitrogen and oxygen atoms in total. The molecule has 1 N–H and O–H groups in total. The minimum Gasteiger partial charge on any atom is -0.481 e. The third kappa shape index (κ3) is 2.26. The molecule has 0 aromatic carbocycles. The fourth-order valence-electron chi connectivity index (χ4n) is 2.33. The van der Waals surface area contributed by atoms with Crippen LogP contribution >= 0.6 is 0 Å². The van der Waals surface area contributed by atoms with Crippen LogP contribution < -0.4 is 0 Å². The van der Waals surface area contributed by atoms with Crippen LogP contribution in [-0.2, 0) is 17.6 Å². The average molecular weight is 223 g/mol. The Balaban J connectivity index is 2.21. The number of fused-ring (bicyclic) bond motifs is 1. The zero-order chi connectivity index (χ0) is 11.5. The van der Waals surface area contributed by atoms with Crippen molar-refractivity contribution in [1.29, 1.82) is 0 Å². The van der Waals surface area contributed by atoms with Crippen LogP contribution in [0, 0.1) is 0 Å². The minimum absolute atomic E-state index is 0.0770. The Kier molecular flexibility index (Phi) is 3.27. The van der Waals surface area contributed by atoms with E-state index in [-0.39, 0.29) is 12.3 Å². The van der Waals surface area contributed by atoms with Crippen LogP contribution in [0.2, 0.25) is 0 Å². The van der Waals surface area contributed by atoms with Gasteiger partial charge < -0.3 is 9.63 Å². The lowest BCUT2D eigenvalue weighted by molar-refractivity contribution is -0.137. The summed E-state index contributed by atoms with van der Waals surface area (Å²) in [6.45, 7) is 1.89. The molecule has 16 heavy (non-hydrogen) atoms. The van der Waals surface area contributed by atoms with E-state index in [1.54, 1.807) is 0 Å². The Bertz CT molecular complexity index is 384. The van der Waals surface area contributed by atoms with Gasteiger partial charge in [-0.3, -0.25) is 4.79 Å². The van der Waals surface area contributed by atoms with E-state index in [0.29, 0.717) is 0 Å². The van der Waals surface area contributed by atoms with Crippen LogP contribution in [0.3, 0.4) is 0 Å². The molecule has 1 aliphatic carbocycles. The molecule has 0 bridgehead atoms. The molecule has 0 amide bonds. The molecule has 1 aromatic heterocycles. The molecule has 0 radical (unpaired) electrons. The van der Waals surface area contributed by atoms with Gasteiger partial charge >= 0.3 is 5.97 Å². The molecule has 1 aliphatic rings. The highest BCUT2D eigenvalue weighted by molar-refractivity contribution is 5.67. The lowest BCUT2D eigenvalue weighted by Gasteiger charge is -2.06. The van der Waals surface area contributed by atoms with Gasteiger partial charge in [-0.15, -0.1) is 0 Å². The van der Waals surface area contributed by atoms with Crippen molar-refractivity contribution in [1.82, 2.24) is 5.16 Å². The van der Waals surface area contributed by atoms with Crippen LogP contribution in [0.5, 0.6) is 0 Å². The fraction of sp³-hybridized carbons (Fsp3) is 0.667. The summed E-state index contributed by atoms with van der Waals surface area (Å²) in [4.78, 5) is 10.7. The van der Waals surface area contributed by atoms with Gasteiger partial charge in [0, 0.05) is 11.5 Å². The molecular formula is C12H17NO3. The highest BCUT2D eigenvalue weighted by Crippen LogP contribution is 2.29. The highest BCUT2D eigenvalue weighted by atomic mass is 16.5. The largest absolute Gasteiger partial charge is 0.481 e. The standard InChI is InChI=1S/C12H17NO3/c1-8(7-11(14)15)12-9-5-3-2-4-6-10(9)13-16-12/h8H,2-7H2,1H3,(H,14,15). The normalized spacial score (nSPS) is 17.6. The first-order chi connectivity index (χ1) is 7.68. The van der Waals surface area contributed by atoms with Crippen molar-refractivity contribution in [3.8, 4) is 0 Å². The minimum atomic E-state index is -0.786. The second-order valence-corrected chi connectivity index (χ2v) is 4.53. The number of carboxylic acid groups (broad SMARTS) is 1. The van der Waals surface area contributed by atoms with Crippen LogP contribution in [0.4, 0.5) is 0 Å². The van der Waals surface area contributed by atoms with Crippen molar-refractivity contribution in [3.63, 3.8) is 0 Å². The Hall–Kier alpha value is -1.32. The molecule has 4 heteroatoms. The number of carbonyl (C=O) groups is 1. The molecule has 1 unspecified atom stereocenters. The number of hydrogen-bond acceptors (Lipinski definition) is 3. The number of rotatable bonds is 3. The van der Waals surface area contributed by atoms with Gasteiger partial charge in [0.2, 0.25) is 0 Å². The van der Waals surface area contributed by atoms with E-state index >= 15 is 0 Å². The number of nitrogens with zero attached hydrogens (tertiary/aromatic N) is 1. The summed E-state index contributed by atoms with van der Waals surface area (Å²) in [6, 6.07) is 0. The molecule has 0 aliphatic heterocycles. The summed E-state index contributed by atoms with van der Waals surface area (Å²) in [6.07, 6.45) is 5.61. The van der Waals surface area contributed by atoms with E-state index in [1.165, 1.54) is 12.0 Å². The molecule has 0 saturated carbocycles. The third-order valence-corrected chi connectivity index (χ3v) is 3.17. The SMILES string of the molecule is CC(CC(=O)O)c1onc2c1CCCCC2. The molecule has 0 spiro atoms. The maximum Gasteiger partial charge on any atom is 0.304 e. The second-order valence-electron chi connectivity index (χ2n) is 4.53. The summed E-state index contributed by atoms with van der Waals surface area (Å²) in [7, 11) is 0. The van der Waals surface area contributed by atoms with Gasteiger partial charge in [0.25, 0.3) is 0 Å². The number of aliphatic carboxylic acids is 1. The zero-order valence-electron chi connectivity index (χ0n) is 9.53. The predicted octanol–water partition coefficient (Wildman–Crippen LogP) is 2.52. The van der Waals surface area contributed by atoms with Crippen molar-refractivity contribution in [2.24, 2.45) is 0 Å². The molecule has 1 heterocycles. The summed E-state index contributed by atoms with van der Waals surface area (Å²) in [5, 5.41) is 12.9. The quantitative estimate of drug-likeness (QED) is 0.800. The van der Waals surface area contributed by atoms with Crippen LogP contribution in [0.25, 0.3) is 0 Å². The maximum absolute atomic E-state index is 10.7. The smallest absolute Gasteiger partial charge is 0.304 e. The fourth-order valence-corrected chi connectivity index (χ4v) is 2.33. The molecule has 0 fully saturated rings. The van der Waals surface area contributed by atoms with Crippen LogP contribution in [0.15, 0.2) is 4.52 Å². The van der Waals surface area contributed by atoms with E-state index in [2.05, 4.69) is 5.16 Å². The van der Waals surface area contributed by atoms with E-state index in [9.17, 15) is 4.79 Å². The molecule has 1 aromatic rings. The van der Waals surface area contributed by atoms with Gasteiger partial charge in [0.05, 0.1) is 12.1 Å². The lowest BCUT2D eigenvalue weighted by Crippen LogP contribution is -2.04. The van der Waals surface area contributed by atoms with E-state index in [0.717, 1.165) is 37.1 Å². The first kappa shape index (κ1) is 11.2. The second kappa shape index (κ2) is 4.68. The van der Waals surface area contributed by atoms with Crippen LogP contribution in [-0.4, -0.2) is 16.2 Å². The Morgan fingerprint density at radius 1 is 1.44 bits per heavy atom. The Morgan fingerprint density at radius 3 is 2.94 bits per heavy atom. The topological polar surface area (TPSA) is 63.3 Å². The number of aromatic nitrogens is 1. The monoisotopic (exact) mass is 223 g/mol.